The number of hydrogen-bond acceptors (Lipinski definition) is 7. The Labute approximate surface area is 179 Å². The summed E-state index contributed by atoms with van der Waals surface area (Å²) in [5.74, 6) is 1.45. The van der Waals surface area contributed by atoms with Crippen LogP contribution in [0.15, 0.2) is 46.7 Å². The number of amides is 1. The largest absolute Gasteiger partial charge is 0.493 e. The number of para-hydroxylation sites is 2. The fourth-order valence-electron chi connectivity index (χ4n) is 3.03. The van der Waals surface area contributed by atoms with Crippen LogP contribution in [0.1, 0.15) is 12.5 Å². The lowest BCUT2D eigenvalue weighted by Crippen LogP contribution is -2.20. The third-order valence-electron chi connectivity index (χ3n) is 4.40. The first-order valence-corrected chi connectivity index (χ1v) is 10.3. The molecule has 0 saturated carbocycles. The summed E-state index contributed by atoms with van der Waals surface area (Å²) in [6.45, 7) is 2.83. The molecular formula is C21H24N4O4S. The van der Waals surface area contributed by atoms with E-state index < -0.39 is 0 Å². The summed E-state index contributed by atoms with van der Waals surface area (Å²) < 4.78 is 18.1. The van der Waals surface area contributed by atoms with Crippen molar-refractivity contribution in [1.29, 1.82) is 0 Å². The zero-order valence-corrected chi connectivity index (χ0v) is 18.2. The summed E-state index contributed by atoms with van der Waals surface area (Å²) in [4.78, 5) is 16.8. The molecule has 3 aromatic rings. The van der Waals surface area contributed by atoms with Crippen LogP contribution < -0.4 is 19.6 Å². The van der Waals surface area contributed by atoms with E-state index in [1.165, 1.54) is 32.2 Å². The highest BCUT2D eigenvalue weighted by Crippen LogP contribution is 2.38. The molecule has 1 amide bonds. The quantitative estimate of drug-likeness (QED) is 0.320. The van der Waals surface area contributed by atoms with E-state index in [4.69, 9.17) is 14.2 Å². The number of nitrogens with one attached hydrogen (secondary N) is 1. The van der Waals surface area contributed by atoms with E-state index in [-0.39, 0.29) is 11.7 Å². The number of nitrogens with zero attached hydrogens (tertiary/aromatic N) is 3. The molecule has 0 spiro atoms. The maximum absolute atomic E-state index is 12.2. The molecule has 0 saturated heterocycles. The molecule has 158 valence electrons. The van der Waals surface area contributed by atoms with E-state index in [1.54, 1.807) is 19.2 Å². The van der Waals surface area contributed by atoms with Crippen molar-refractivity contribution in [3.63, 3.8) is 0 Å². The number of benzene rings is 2. The molecule has 1 N–H and O–H groups in total. The molecule has 0 aliphatic heterocycles. The van der Waals surface area contributed by atoms with Crippen LogP contribution in [0.25, 0.3) is 11.0 Å². The summed E-state index contributed by atoms with van der Waals surface area (Å²) >= 11 is 1.38. The molecule has 0 aliphatic carbocycles. The van der Waals surface area contributed by atoms with Crippen LogP contribution in [-0.4, -0.2) is 48.8 Å². The Bertz CT molecular complexity index is 1060. The Morgan fingerprint density at radius 3 is 2.60 bits per heavy atom. The molecular weight excluding hydrogens is 404 g/mol. The van der Waals surface area contributed by atoms with Gasteiger partial charge in [-0.2, -0.15) is 5.10 Å². The van der Waals surface area contributed by atoms with Crippen LogP contribution in [-0.2, 0) is 11.3 Å². The topological polar surface area (TPSA) is 87.0 Å². The number of carbonyl (C=O) groups excluding carboxylic acids is 1. The number of methoxy groups -OCH3 is 3. The zero-order chi connectivity index (χ0) is 21.5. The van der Waals surface area contributed by atoms with Gasteiger partial charge >= 0.3 is 0 Å². The molecule has 0 fully saturated rings. The predicted octanol–water partition coefficient (Wildman–Crippen LogP) is 3.32. The van der Waals surface area contributed by atoms with E-state index in [2.05, 4.69) is 27.0 Å². The first-order chi connectivity index (χ1) is 14.6. The number of aryl methyl sites for hydroxylation is 1. The summed E-state index contributed by atoms with van der Waals surface area (Å²) in [5.41, 5.74) is 5.16. The Hall–Kier alpha value is -3.20. The van der Waals surface area contributed by atoms with Gasteiger partial charge in [0.15, 0.2) is 16.7 Å². The number of aromatic nitrogens is 2. The number of hydrogen-bond donors (Lipinski definition) is 1. The Morgan fingerprint density at radius 1 is 1.13 bits per heavy atom. The molecule has 0 atom stereocenters. The monoisotopic (exact) mass is 428 g/mol. The molecule has 0 bridgehead atoms. The van der Waals surface area contributed by atoms with Gasteiger partial charge in [-0.05, 0) is 31.2 Å². The van der Waals surface area contributed by atoms with Gasteiger partial charge in [0, 0.05) is 12.1 Å². The molecule has 9 heteroatoms. The van der Waals surface area contributed by atoms with Gasteiger partial charge in [0.05, 0.1) is 44.3 Å². The second-order valence-corrected chi connectivity index (χ2v) is 7.08. The highest BCUT2D eigenvalue weighted by molar-refractivity contribution is 7.99. The zero-order valence-electron chi connectivity index (χ0n) is 17.3. The fourth-order valence-corrected chi connectivity index (χ4v) is 3.90. The minimum atomic E-state index is -0.231. The van der Waals surface area contributed by atoms with Gasteiger partial charge in [0.2, 0.25) is 5.75 Å². The minimum Gasteiger partial charge on any atom is -0.493 e. The van der Waals surface area contributed by atoms with Crippen LogP contribution in [0.5, 0.6) is 17.2 Å². The minimum absolute atomic E-state index is 0.198. The summed E-state index contributed by atoms with van der Waals surface area (Å²) in [5, 5.41) is 4.84. The lowest BCUT2D eigenvalue weighted by molar-refractivity contribution is -0.118. The second kappa shape index (κ2) is 10.0. The van der Waals surface area contributed by atoms with Crippen LogP contribution >= 0.6 is 11.8 Å². The van der Waals surface area contributed by atoms with Gasteiger partial charge in [0.1, 0.15) is 0 Å². The van der Waals surface area contributed by atoms with Gasteiger partial charge in [-0.1, -0.05) is 23.9 Å². The number of ether oxygens (including phenoxy) is 3. The lowest BCUT2D eigenvalue weighted by Gasteiger charge is -2.13. The van der Waals surface area contributed by atoms with Gasteiger partial charge in [-0.15, -0.1) is 0 Å². The molecule has 3 rings (SSSR count). The van der Waals surface area contributed by atoms with Crippen molar-refractivity contribution in [2.24, 2.45) is 5.10 Å². The number of imidazole rings is 1. The molecule has 0 radical (unpaired) electrons. The first kappa shape index (κ1) is 21.5. The summed E-state index contributed by atoms with van der Waals surface area (Å²) in [6.07, 6.45) is 1.50. The average molecular weight is 429 g/mol. The van der Waals surface area contributed by atoms with Crippen molar-refractivity contribution in [2.75, 3.05) is 27.1 Å². The van der Waals surface area contributed by atoms with Crippen LogP contribution in [0.2, 0.25) is 0 Å². The maximum Gasteiger partial charge on any atom is 0.250 e. The van der Waals surface area contributed by atoms with Gasteiger partial charge in [-0.25, -0.2) is 10.4 Å². The molecule has 1 aromatic heterocycles. The van der Waals surface area contributed by atoms with Crippen molar-refractivity contribution < 1.29 is 19.0 Å². The van der Waals surface area contributed by atoms with E-state index >= 15 is 0 Å². The molecule has 1 heterocycles. The average Bonchev–Trinajstić information content (AvgIpc) is 3.14. The van der Waals surface area contributed by atoms with Gasteiger partial charge < -0.3 is 18.8 Å². The third-order valence-corrected chi connectivity index (χ3v) is 5.37. The molecule has 8 nitrogen and oxygen atoms in total. The SMILES string of the molecule is CCn1c(SCC(=O)NN=Cc2ccc(OC)c(OC)c2OC)nc2ccccc21. The molecule has 2 aromatic carbocycles. The van der Waals surface area contributed by atoms with E-state index in [9.17, 15) is 4.79 Å². The van der Waals surface area contributed by atoms with Crippen molar-refractivity contribution in [3.8, 4) is 17.2 Å². The van der Waals surface area contributed by atoms with E-state index in [0.717, 1.165) is 22.7 Å². The van der Waals surface area contributed by atoms with Crippen molar-refractivity contribution in [3.05, 3.63) is 42.0 Å². The predicted molar refractivity (Wildman–Crippen MR) is 118 cm³/mol. The van der Waals surface area contributed by atoms with Gasteiger partial charge in [0.25, 0.3) is 5.91 Å². The maximum atomic E-state index is 12.2. The second-order valence-electron chi connectivity index (χ2n) is 6.13. The van der Waals surface area contributed by atoms with Crippen LogP contribution in [0, 0.1) is 0 Å². The highest BCUT2D eigenvalue weighted by Gasteiger charge is 2.15. The number of carbonyl (C=O) groups is 1. The van der Waals surface area contributed by atoms with Crippen LogP contribution in [0.3, 0.4) is 0 Å². The van der Waals surface area contributed by atoms with Crippen molar-refractivity contribution in [2.45, 2.75) is 18.6 Å². The Balaban J connectivity index is 1.65. The highest BCUT2D eigenvalue weighted by atomic mass is 32.2. The number of hydrazone groups is 1. The lowest BCUT2D eigenvalue weighted by atomic mass is 10.2. The Morgan fingerprint density at radius 2 is 1.90 bits per heavy atom. The number of thioether (sulfide) groups is 1. The molecule has 0 unspecified atom stereocenters. The van der Waals surface area contributed by atoms with Crippen molar-refractivity contribution >= 4 is 34.9 Å². The molecule has 30 heavy (non-hydrogen) atoms. The summed E-state index contributed by atoms with van der Waals surface area (Å²) in [7, 11) is 4.61. The summed E-state index contributed by atoms with van der Waals surface area (Å²) in [6, 6.07) is 11.4. The third kappa shape index (κ3) is 4.51. The Kier molecular flexibility index (Phi) is 7.18. The van der Waals surface area contributed by atoms with E-state index in [1.807, 2.05) is 24.3 Å². The fraction of sp³-hybridized carbons (Fsp3) is 0.286. The molecule has 0 aliphatic rings. The standard InChI is InChI=1S/C21H24N4O4S/c1-5-25-16-9-7-6-8-15(16)23-21(25)30-13-18(26)24-22-12-14-10-11-17(27-2)20(29-4)19(14)28-3/h6-12H,5,13H2,1-4H3,(H,24,26). The number of fused-ring (bicyclic) bond motifs is 1. The van der Waals surface area contributed by atoms with Gasteiger partial charge in [-0.3, -0.25) is 4.79 Å². The first-order valence-electron chi connectivity index (χ1n) is 9.31. The van der Waals surface area contributed by atoms with E-state index in [0.29, 0.717) is 22.8 Å². The number of rotatable bonds is 9. The van der Waals surface area contributed by atoms with Crippen molar-refractivity contribution in [1.82, 2.24) is 15.0 Å². The van der Waals surface area contributed by atoms with Crippen LogP contribution in [0.4, 0.5) is 0 Å². The normalized spacial score (nSPS) is 11.1. The smallest absolute Gasteiger partial charge is 0.250 e.